The molecule has 20 heavy (non-hydrogen) atoms. The summed E-state index contributed by atoms with van der Waals surface area (Å²) in [5.41, 5.74) is 2.44. The van der Waals surface area contributed by atoms with Gasteiger partial charge in [0.15, 0.2) is 5.78 Å². The Morgan fingerprint density at radius 1 is 1.35 bits per heavy atom. The summed E-state index contributed by atoms with van der Waals surface area (Å²) in [6, 6.07) is 5.30. The lowest BCUT2D eigenvalue weighted by atomic mass is 9.90. The van der Waals surface area contributed by atoms with Crippen molar-refractivity contribution >= 4 is 17.5 Å². The summed E-state index contributed by atoms with van der Waals surface area (Å²) in [5.74, 6) is 0.152. The molecule has 2 N–H and O–H groups in total. The van der Waals surface area contributed by atoms with Crippen molar-refractivity contribution in [2.45, 2.75) is 31.8 Å². The summed E-state index contributed by atoms with van der Waals surface area (Å²) in [4.78, 5) is 25.5. The number of fused-ring (bicyclic) bond motifs is 1. The van der Waals surface area contributed by atoms with Gasteiger partial charge >= 0.3 is 6.03 Å². The van der Waals surface area contributed by atoms with Gasteiger partial charge in [-0.3, -0.25) is 4.79 Å². The van der Waals surface area contributed by atoms with Gasteiger partial charge in [0, 0.05) is 30.8 Å². The normalized spacial score (nSPS) is 21.8. The lowest BCUT2D eigenvalue weighted by Gasteiger charge is -2.19. The average molecular weight is 274 g/mol. The van der Waals surface area contributed by atoms with Gasteiger partial charge in [-0.15, -0.1) is 0 Å². The first-order chi connectivity index (χ1) is 9.63. The number of carbonyl (C=O) groups excluding carboxylic acids is 2. The van der Waals surface area contributed by atoms with Crippen molar-refractivity contribution in [3.8, 4) is 0 Å². The summed E-state index contributed by atoms with van der Waals surface area (Å²) in [6.07, 6.45) is 2.61. The van der Waals surface area contributed by atoms with E-state index in [1.54, 1.807) is 11.0 Å². The Kier molecular flexibility index (Phi) is 3.44. The number of urea groups is 1. The first-order valence-electron chi connectivity index (χ1n) is 7.03. The van der Waals surface area contributed by atoms with Crippen LogP contribution in [-0.4, -0.2) is 41.0 Å². The van der Waals surface area contributed by atoms with Crippen molar-refractivity contribution in [2.24, 2.45) is 0 Å². The van der Waals surface area contributed by atoms with Crippen LogP contribution >= 0.6 is 0 Å². The number of hydrogen-bond acceptors (Lipinski definition) is 3. The van der Waals surface area contributed by atoms with Crippen LogP contribution in [0.5, 0.6) is 0 Å². The van der Waals surface area contributed by atoms with Gasteiger partial charge in [0.25, 0.3) is 0 Å². The third-order valence-electron chi connectivity index (χ3n) is 3.96. The van der Waals surface area contributed by atoms with Crippen LogP contribution in [0.4, 0.5) is 10.5 Å². The van der Waals surface area contributed by atoms with Gasteiger partial charge in [0.1, 0.15) is 0 Å². The number of aliphatic hydroxyl groups is 1. The Bertz CT molecular complexity index is 556. The molecule has 0 unspecified atom stereocenters. The second kappa shape index (κ2) is 5.25. The van der Waals surface area contributed by atoms with Crippen LogP contribution in [0.15, 0.2) is 18.2 Å². The Balaban J connectivity index is 1.73. The number of ketones is 1. The second-order valence-corrected chi connectivity index (χ2v) is 5.47. The largest absolute Gasteiger partial charge is 0.391 e. The van der Waals surface area contributed by atoms with E-state index in [1.807, 2.05) is 12.1 Å². The average Bonchev–Trinajstić information content (AvgIpc) is 2.86. The molecule has 0 spiro atoms. The highest BCUT2D eigenvalue weighted by Gasteiger charge is 2.25. The molecule has 1 aromatic carbocycles. The molecule has 3 rings (SSSR count). The first kappa shape index (κ1) is 13.1. The Morgan fingerprint density at radius 3 is 2.95 bits per heavy atom. The van der Waals surface area contributed by atoms with Gasteiger partial charge in [0.05, 0.1) is 6.10 Å². The molecule has 1 atom stereocenters. The number of aliphatic hydroxyl groups excluding tert-OH is 1. The number of Topliss-reactive ketones (excluding diaryl/α,β-unsaturated/α-hetero) is 1. The number of carbonyl (C=O) groups is 2. The lowest BCUT2D eigenvalue weighted by molar-refractivity contribution is 0.0972. The predicted octanol–water partition coefficient (Wildman–Crippen LogP) is 1.80. The minimum absolute atomic E-state index is 0.152. The zero-order chi connectivity index (χ0) is 14.1. The number of hydrogen-bond donors (Lipinski definition) is 2. The smallest absolute Gasteiger partial charge is 0.321 e. The highest BCUT2D eigenvalue weighted by Crippen LogP contribution is 2.24. The van der Waals surface area contributed by atoms with Crippen LogP contribution in [0, 0.1) is 0 Å². The highest BCUT2D eigenvalue weighted by atomic mass is 16.3. The molecule has 2 aliphatic rings. The minimum atomic E-state index is -0.425. The molecule has 0 radical (unpaired) electrons. The molecule has 5 nitrogen and oxygen atoms in total. The second-order valence-electron chi connectivity index (χ2n) is 5.47. The van der Waals surface area contributed by atoms with E-state index >= 15 is 0 Å². The fraction of sp³-hybridized carbons (Fsp3) is 0.467. The number of nitrogens with zero attached hydrogens (tertiary/aromatic N) is 1. The van der Waals surface area contributed by atoms with E-state index < -0.39 is 6.10 Å². The topological polar surface area (TPSA) is 69.6 Å². The van der Waals surface area contributed by atoms with Gasteiger partial charge in [-0.25, -0.2) is 4.79 Å². The SMILES string of the molecule is O=C1CCCc2ccc(NC(=O)N3CC[C@H](O)C3)cc21. The van der Waals surface area contributed by atoms with Crippen molar-refractivity contribution < 1.29 is 14.7 Å². The van der Waals surface area contributed by atoms with Gasteiger partial charge < -0.3 is 15.3 Å². The first-order valence-corrected chi connectivity index (χ1v) is 7.03. The third kappa shape index (κ3) is 2.54. The monoisotopic (exact) mass is 274 g/mol. The molecule has 0 saturated carbocycles. The molecule has 1 heterocycles. The highest BCUT2D eigenvalue weighted by molar-refractivity contribution is 6.00. The predicted molar refractivity (Wildman–Crippen MR) is 74.9 cm³/mol. The van der Waals surface area contributed by atoms with Crippen LogP contribution in [0.3, 0.4) is 0 Å². The van der Waals surface area contributed by atoms with Crippen molar-refractivity contribution in [3.63, 3.8) is 0 Å². The summed E-state index contributed by atoms with van der Waals surface area (Å²) in [5, 5.41) is 12.2. The molecule has 1 aliphatic carbocycles. The zero-order valence-electron chi connectivity index (χ0n) is 11.3. The molecule has 1 aromatic rings. The van der Waals surface area contributed by atoms with E-state index in [0.717, 1.165) is 24.0 Å². The number of anilines is 1. The lowest BCUT2D eigenvalue weighted by Crippen LogP contribution is -2.33. The van der Waals surface area contributed by atoms with E-state index in [9.17, 15) is 14.7 Å². The summed E-state index contributed by atoms with van der Waals surface area (Å²) in [7, 11) is 0. The standard InChI is InChI=1S/C15H18N2O3/c18-12-6-7-17(9-12)15(20)16-11-5-4-10-2-1-3-14(19)13(10)8-11/h4-5,8,12,18H,1-3,6-7,9H2,(H,16,20)/t12-/m0/s1. The van der Waals surface area contributed by atoms with E-state index in [-0.39, 0.29) is 11.8 Å². The zero-order valence-corrected chi connectivity index (χ0v) is 11.3. The quantitative estimate of drug-likeness (QED) is 0.820. The molecule has 0 bridgehead atoms. The van der Waals surface area contributed by atoms with E-state index in [2.05, 4.69) is 5.32 Å². The number of aryl methyl sites for hydroxylation is 1. The fourth-order valence-electron chi connectivity index (χ4n) is 2.83. The van der Waals surface area contributed by atoms with Gasteiger partial charge in [-0.2, -0.15) is 0 Å². The van der Waals surface area contributed by atoms with Gasteiger partial charge in [-0.05, 0) is 37.0 Å². The molecule has 1 aliphatic heterocycles. The summed E-state index contributed by atoms with van der Waals surface area (Å²) in [6.45, 7) is 0.937. The van der Waals surface area contributed by atoms with Gasteiger partial charge in [0.2, 0.25) is 0 Å². The van der Waals surface area contributed by atoms with Crippen LogP contribution in [0.1, 0.15) is 35.2 Å². The molecular weight excluding hydrogens is 256 g/mol. The maximum atomic E-state index is 12.0. The van der Waals surface area contributed by atoms with Crippen molar-refractivity contribution in [1.82, 2.24) is 4.90 Å². The maximum absolute atomic E-state index is 12.0. The van der Waals surface area contributed by atoms with Crippen LogP contribution in [-0.2, 0) is 6.42 Å². The number of β-amino-alcohol motifs (C(OH)–C–C–N with tert-alkyl or cyclic N) is 1. The van der Waals surface area contributed by atoms with Gasteiger partial charge in [-0.1, -0.05) is 6.07 Å². The maximum Gasteiger partial charge on any atom is 0.321 e. The fourth-order valence-corrected chi connectivity index (χ4v) is 2.83. The van der Waals surface area contributed by atoms with E-state index in [1.165, 1.54) is 0 Å². The molecule has 1 fully saturated rings. The summed E-state index contributed by atoms with van der Waals surface area (Å²) >= 11 is 0. The van der Waals surface area contributed by atoms with E-state index in [4.69, 9.17) is 0 Å². The number of likely N-dealkylation sites (tertiary alicyclic amines) is 1. The molecule has 2 amide bonds. The van der Waals surface area contributed by atoms with Crippen molar-refractivity contribution in [3.05, 3.63) is 29.3 Å². The molecule has 1 saturated heterocycles. The number of rotatable bonds is 1. The molecule has 106 valence electrons. The molecular formula is C15H18N2O3. The van der Waals surface area contributed by atoms with Crippen molar-refractivity contribution in [2.75, 3.05) is 18.4 Å². The number of amides is 2. The minimum Gasteiger partial charge on any atom is -0.391 e. The van der Waals surface area contributed by atoms with E-state index in [0.29, 0.717) is 31.6 Å². The Labute approximate surface area is 117 Å². The summed E-state index contributed by atoms with van der Waals surface area (Å²) < 4.78 is 0. The van der Waals surface area contributed by atoms with Crippen LogP contribution in [0.25, 0.3) is 0 Å². The van der Waals surface area contributed by atoms with Crippen LogP contribution < -0.4 is 5.32 Å². The van der Waals surface area contributed by atoms with Crippen molar-refractivity contribution in [1.29, 1.82) is 0 Å². The number of benzene rings is 1. The Morgan fingerprint density at radius 2 is 2.20 bits per heavy atom. The third-order valence-corrected chi connectivity index (χ3v) is 3.96. The number of nitrogens with one attached hydrogen (secondary N) is 1. The molecule has 5 heteroatoms. The molecule has 0 aromatic heterocycles. The Hall–Kier alpha value is -1.88. The van der Waals surface area contributed by atoms with Crippen LogP contribution in [0.2, 0.25) is 0 Å².